The van der Waals surface area contributed by atoms with Gasteiger partial charge in [-0.05, 0) is 24.3 Å². The van der Waals surface area contributed by atoms with Crippen molar-refractivity contribution >= 4 is 28.6 Å². The summed E-state index contributed by atoms with van der Waals surface area (Å²) in [6.45, 7) is 3.75. The summed E-state index contributed by atoms with van der Waals surface area (Å²) >= 11 is 5.92. The quantitative estimate of drug-likeness (QED) is 0.675. The molecule has 0 saturated carbocycles. The number of H-pyrrole nitrogens is 1. The lowest BCUT2D eigenvalue weighted by Crippen LogP contribution is -1.86. The first-order valence-corrected chi connectivity index (χ1v) is 6.12. The van der Waals surface area contributed by atoms with Gasteiger partial charge in [0.1, 0.15) is 11.0 Å². The average Bonchev–Trinajstić information content (AvgIpc) is 2.84. The van der Waals surface area contributed by atoms with E-state index in [0.717, 1.165) is 22.3 Å². The number of hydrogen-bond acceptors (Lipinski definition) is 1. The Morgan fingerprint density at radius 2 is 2.16 bits per heavy atom. The summed E-state index contributed by atoms with van der Waals surface area (Å²) in [5, 5.41) is 0.945. The number of nitrogens with zero attached hydrogens (tertiary/aromatic N) is 1. The number of rotatable bonds is 2. The molecule has 0 atom stereocenters. The number of nitrogens with one attached hydrogen (secondary N) is 1. The van der Waals surface area contributed by atoms with E-state index in [1.807, 2.05) is 6.07 Å². The molecule has 0 aliphatic rings. The van der Waals surface area contributed by atoms with Gasteiger partial charge in [0.2, 0.25) is 0 Å². The van der Waals surface area contributed by atoms with Gasteiger partial charge in [0, 0.05) is 33.9 Å². The molecule has 0 spiro atoms. The topological polar surface area (TPSA) is 28.7 Å². The van der Waals surface area contributed by atoms with E-state index in [1.165, 1.54) is 6.07 Å². The van der Waals surface area contributed by atoms with E-state index in [0.29, 0.717) is 10.5 Å². The molecule has 19 heavy (non-hydrogen) atoms. The maximum atomic E-state index is 13.7. The highest BCUT2D eigenvalue weighted by atomic mass is 35.5. The summed E-state index contributed by atoms with van der Waals surface area (Å²) in [4.78, 5) is 7.19. The maximum absolute atomic E-state index is 13.7. The number of aromatic amines is 1. The summed E-state index contributed by atoms with van der Waals surface area (Å²) in [5.41, 5.74) is 3.24. The first-order chi connectivity index (χ1) is 9.19. The van der Waals surface area contributed by atoms with Crippen molar-refractivity contribution < 1.29 is 4.39 Å². The van der Waals surface area contributed by atoms with E-state index in [1.54, 1.807) is 30.5 Å². The minimum Gasteiger partial charge on any atom is -0.354 e. The predicted octanol–water partition coefficient (Wildman–Crippen LogP) is 4.67. The molecule has 3 rings (SSSR count). The smallest absolute Gasteiger partial charge is 0.132 e. The molecule has 2 nitrogen and oxygen atoms in total. The zero-order valence-corrected chi connectivity index (χ0v) is 10.7. The van der Waals surface area contributed by atoms with Crippen LogP contribution in [0.25, 0.3) is 28.2 Å². The Hall–Kier alpha value is -2.13. The molecule has 2 heterocycles. The van der Waals surface area contributed by atoms with Gasteiger partial charge in [-0.3, -0.25) is 0 Å². The summed E-state index contributed by atoms with van der Waals surface area (Å²) in [6, 6.07) is 8.45. The molecule has 0 fully saturated rings. The average molecular weight is 273 g/mol. The summed E-state index contributed by atoms with van der Waals surface area (Å²) in [7, 11) is 0. The van der Waals surface area contributed by atoms with Crippen LogP contribution in [0.5, 0.6) is 0 Å². The lowest BCUT2D eigenvalue weighted by atomic mass is 10.1. The lowest BCUT2D eigenvalue weighted by Gasteiger charge is -2.03. The second kappa shape index (κ2) is 4.52. The summed E-state index contributed by atoms with van der Waals surface area (Å²) < 4.78 is 13.7. The molecule has 0 aliphatic heterocycles. The van der Waals surface area contributed by atoms with Crippen LogP contribution < -0.4 is 0 Å². The van der Waals surface area contributed by atoms with Crippen LogP contribution in [0, 0.1) is 5.82 Å². The molecular weight excluding hydrogens is 263 g/mol. The third kappa shape index (κ3) is 2.02. The molecule has 0 unspecified atom stereocenters. The van der Waals surface area contributed by atoms with E-state index in [-0.39, 0.29) is 5.82 Å². The minimum absolute atomic E-state index is 0.250. The van der Waals surface area contributed by atoms with Crippen molar-refractivity contribution in [3.05, 3.63) is 59.6 Å². The van der Waals surface area contributed by atoms with Crippen LogP contribution in [0.15, 0.2) is 43.1 Å². The van der Waals surface area contributed by atoms with Gasteiger partial charge < -0.3 is 4.98 Å². The van der Waals surface area contributed by atoms with Crippen molar-refractivity contribution in [3.63, 3.8) is 0 Å². The van der Waals surface area contributed by atoms with Crippen molar-refractivity contribution in [1.29, 1.82) is 0 Å². The van der Waals surface area contributed by atoms with E-state index >= 15 is 0 Å². The molecule has 0 saturated heterocycles. The molecule has 0 amide bonds. The third-order valence-electron chi connectivity index (χ3n) is 3.02. The molecule has 94 valence electrons. The minimum atomic E-state index is -0.250. The Bertz CT molecular complexity index is 777. The SMILES string of the molecule is C=Cc1cnc(Cl)cc1-c1cc2c(F)cccc2[nH]1. The number of benzene rings is 1. The molecule has 1 aromatic carbocycles. The molecule has 2 aromatic heterocycles. The molecule has 3 aromatic rings. The monoisotopic (exact) mass is 272 g/mol. The number of halogens is 2. The van der Waals surface area contributed by atoms with Crippen LogP contribution in [0.4, 0.5) is 4.39 Å². The standard InChI is InChI=1S/C15H10ClFN2/c1-2-9-8-18-15(16)7-10(9)14-6-11-12(17)4-3-5-13(11)19-14/h2-8,19H,1H2. The van der Waals surface area contributed by atoms with E-state index in [2.05, 4.69) is 16.5 Å². The lowest BCUT2D eigenvalue weighted by molar-refractivity contribution is 0.640. The normalized spacial score (nSPS) is 10.8. The highest BCUT2D eigenvalue weighted by molar-refractivity contribution is 6.29. The van der Waals surface area contributed by atoms with Crippen LogP contribution in [-0.2, 0) is 0 Å². The van der Waals surface area contributed by atoms with Crippen LogP contribution in [-0.4, -0.2) is 9.97 Å². The third-order valence-corrected chi connectivity index (χ3v) is 3.23. The highest BCUT2D eigenvalue weighted by Gasteiger charge is 2.10. The van der Waals surface area contributed by atoms with E-state index < -0.39 is 0 Å². The Morgan fingerprint density at radius 1 is 1.32 bits per heavy atom. The molecule has 1 N–H and O–H groups in total. The van der Waals surface area contributed by atoms with Gasteiger partial charge in [0.05, 0.1) is 0 Å². The zero-order valence-electron chi connectivity index (χ0n) is 9.95. The van der Waals surface area contributed by atoms with Gasteiger partial charge >= 0.3 is 0 Å². The van der Waals surface area contributed by atoms with Gasteiger partial charge in [-0.1, -0.05) is 30.3 Å². The first kappa shape index (κ1) is 11.9. The van der Waals surface area contributed by atoms with Gasteiger partial charge in [0.15, 0.2) is 0 Å². The van der Waals surface area contributed by atoms with Crippen LogP contribution in [0.3, 0.4) is 0 Å². The zero-order chi connectivity index (χ0) is 13.4. The molecule has 4 heteroatoms. The molecule has 0 aliphatic carbocycles. The van der Waals surface area contributed by atoms with Crippen molar-refractivity contribution in [1.82, 2.24) is 9.97 Å². The van der Waals surface area contributed by atoms with Gasteiger partial charge in [0.25, 0.3) is 0 Å². The van der Waals surface area contributed by atoms with E-state index in [9.17, 15) is 4.39 Å². The van der Waals surface area contributed by atoms with Gasteiger partial charge in [-0.25, -0.2) is 9.37 Å². The molecule has 0 bridgehead atoms. The second-order valence-corrected chi connectivity index (χ2v) is 4.57. The van der Waals surface area contributed by atoms with Crippen LogP contribution in [0.2, 0.25) is 5.15 Å². The fourth-order valence-electron chi connectivity index (χ4n) is 2.10. The fraction of sp³-hybridized carbons (Fsp3) is 0. The molecule has 0 radical (unpaired) electrons. The van der Waals surface area contributed by atoms with Crippen LogP contribution in [0.1, 0.15) is 5.56 Å². The largest absolute Gasteiger partial charge is 0.354 e. The highest BCUT2D eigenvalue weighted by Crippen LogP contribution is 2.29. The number of aromatic nitrogens is 2. The van der Waals surface area contributed by atoms with Crippen molar-refractivity contribution in [3.8, 4) is 11.3 Å². The number of pyridine rings is 1. The Kier molecular flexibility index (Phi) is 2.84. The van der Waals surface area contributed by atoms with Gasteiger partial charge in [-0.15, -0.1) is 0 Å². The number of hydrogen-bond donors (Lipinski definition) is 1. The fourth-order valence-corrected chi connectivity index (χ4v) is 2.26. The molecular formula is C15H10ClFN2. The Labute approximate surface area is 114 Å². The first-order valence-electron chi connectivity index (χ1n) is 5.74. The van der Waals surface area contributed by atoms with Crippen molar-refractivity contribution in [2.45, 2.75) is 0 Å². The number of fused-ring (bicyclic) bond motifs is 1. The van der Waals surface area contributed by atoms with Crippen molar-refractivity contribution in [2.75, 3.05) is 0 Å². The Balaban J connectivity index is 2.27. The summed E-state index contributed by atoms with van der Waals surface area (Å²) in [5.74, 6) is -0.250. The van der Waals surface area contributed by atoms with Crippen molar-refractivity contribution in [2.24, 2.45) is 0 Å². The predicted molar refractivity (Wildman–Crippen MR) is 76.6 cm³/mol. The second-order valence-electron chi connectivity index (χ2n) is 4.18. The Morgan fingerprint density at radius 3 is 2.89 bits per heavy atom. The van der Waals surface area contributed by atoms with Gasteiger partial charge in [-0.2, -0.15) is 0 Å². The van der Waals surface area contributed by atoms with Crippen LogP contribution >= 0.6 is 11.6 Å². The summed E-state index contributed by atoms with van der Waals surface area (Å²) in [6.07, 6.45) is 3.34. The van der Waals surface area contributed by atoms with E-state index in [4.69, 9.17) is 11.6 Å². The maximum Gasteiger partial charge on any atom is 0.132 e.